The summed E-state index contributed by atoms with van der Waals surface area (Å²) in [6.07, 6.45) is 1.08. The minimum absolute atomic E-state index is 0.0123. The normalized spacial score (nSPS) is 15.1. The molecule has 1 unspecified atom stereocenters. The molecule has 3 aromatic rings. The average Bonchev–Trinajstić information content (AvgIpc) is 3.35. The number of fused-ring (bicyclic) bond motifs is 1. The smallest absolute Gasteiger partial charge is 0.233 e. The van der Waals surface area contributed by atoms with Gasteiger partial charge in [-0.3, -0.25) is 4.79 Å². The molecule has 1 aliphatic heterocycles. The number of carbonyl (C=O) groups is 1. The second-order valence-electron chi connectivity index (χ2n) is 6.26. The van der Waals surface area contributed by atoms with Gasteiger partial charge < -0.3 is 14.8 Å². The lowest BCUT2D eigenvalue weighted by molar-refractivity contribution is -0.120. The molecule has 3 heterocycles. The number of ether oxygens (including phenoxy) is 2. The number of methoxy groups -OCH3 is 1. The number of amides is 1. The van der Waals surface area contributed by atoms with Crippen LogP contribution in [0, 0.1) is 0 Å². The second-order valence-corrected chi connectivity index (χ2v) is 7.29. The molecule has 7 heteroatoms. The lowest BCUT2D eigenvalue weighted by Gasteiger charge is -2.13. The van der Waals surface area contributed by atoms with Crippen molar-refractivity contribution >= 4 is 17.2 Å². The fourth-order valence-corrected chi connectivity index (χ4v) is 3.79. The number of nitrogens with zero attached hydrogens (tertiary/aromatic N) is 2. The molecule has 0 aliphatic carbocycles. The highest BCUT2D eigenvalue weighted by atomic mass is 32.1. The minimum Gasteiger partial charge on any atom is -0.487 e. The first-order chi connectivity index (χ1) is 13.2. The Morgan fingerprint density at radius 2 is 2.19 bits per heavy atom. The Bertz CT molecular complexity index is 926. The first-order valence-electron chi connectivity index (χ1n) is 8.68. The largest absolute Gasteiger partial charge is 0.487 e. The van der Waals surface area contributed by atoms with E-state index in [1.165, 1.54) is 0 Å². The fraction of sp³-hybridized carbons (Fsp3) is 0.250. The van der Waals surface area contributed by atoms with Crippen molar-refractivity contribution in [2.24, 2.45) is 0 Å². The van der Waals surface area contributed by atoms with E-state index in [1.54, 1.807) is 24.5 Å². The van der Waals surface area contributed by atoms with E-state index >= 15 is 0 Å². The van der Waals surface area contributed by atoms with Crippen molar-refractivity contribution in [3.63, 3.8) is 0 Å². The van der Waals surface area contributed by atoms with Gasteiger partial charge in [0.25, 0.3) is 0 Å². The predicted octanol–water partition coefficient (Wildman–Crippen LogP) is 2.88. The van der Waals surface area contributed by atoms with Crippen molar-refractivity contribution in [2.75, 3.05) is 13.7 Å². The standard InChI is InChI=1S/C20H19N3O3S/c1-25-19-8-7-17(22-23-19)16-6-2-4-13-10-14(26-20(13)16)12-21-18(24)11-15-5-3-9-27-15/h2-9,14H,10-12H2,1H3,(H,21,24). The van der Waals surface area contributed by atoms with Crippen molar-refractivity contribution in [1.29, 1.82) is 0 Å². The molecule has 0 saturated carbocycles. The van der Waals surface area contributed by atoms with Gasteiger partial charge in [-0.2, -0.15) is 0 Å². The van der Waals surface area contributed by atoms with E-state index in [-0.39, 0.29) is 12.0 Å². The molecule has 1 aliphatic rings. The monoisotopic (exact) mass is 381 g/mol. The van der Waals surface area contributed by atoms with E-state index in [0.717, 1.165) is 33.9 Å². The van der Waals surface area contributed by atoms with Gasteiger partial charge in [-0.1, -0.05) is 18.2 Å². The molecular formula is C20H19N3O3S. The zero-order valence-corrected chi connectivity index (χ0v) is 15.7. The number of nitrogens with one attached hydrogen (secondary N) is 1. The summed E-state index contributed by atoms with van der Waals surface area (Å²) in [5.74, 6) is 1.30. The third-order valence-electron chi connectivity index (χ3n) is 4.40. The van der Waals surface area contributed by atoms with Crippen LogP contribution in [0.2, 0.25) is 0 Å². The van der Waals surface area contributed by atoms with Crippen LogP contribution in [-0.4, -0.2) is 35.9 Å². The number of para-hydroxylation sites is 1. The third-order valence-corrected chi connectivity index (χ3v) is 5.27. The highest BCUT2D eigenvalue weighted by Gasteiger charge is 2.26. The van der Waals surface area contributed by atoms with Gasteiger partial charge in [-0.05, 0) is 29.1 Å². The first kappa shape index (κ1) is 17.5. The van der Waals surface area contributed by atoms with E-state index in [0.29, 0.717) is 18.8 Å². The van der Waals surface area contributed by atoms with Crippen LogP contribution >= 0.6 is 11.3 Å². The number of carbonyl (C=O) groups excluding carboxylic acids is 1. The quantitative estimate of drug-likeness (QED) is 0.711. The van der Waals surface area contributed by atoms with E-state index in [2.05, 4.69) is 15.5 Å². The summed E-state index contributed by atoms with van der Waals surface area (Å²) in [5.41, 5.74) is 2.74. The predicted molar refractivity (Wildman–Crippen MR) is 103 cm³/mol. The van der Waals surface area contributed by atoms with Gasteiger partial charge >= 0.3 is 0 Å². The molecule has 1 aromatic carbocycles. The van der Waals surface area contributed by atoms with Crippen LogP contribution in [-0.2, 0) is 17.6 Å². The van der Waals surface area contributed by atoms with Gasteiger partial charge in [0.15, 0.2) is 0 Å². The maximum Gasteiger partial charge on any atom is 0.233 e. The number of hydrogen-bond acceptors (Lipinski definition) is 6. The number of thiophene rings is 1. The van der Waals surface area contributed by atoms with E-state index in [4.69, 9.17) is 9.47 Å². The Kier molecular flexibility index (Phi) is 5.02. The maximum atomic E-state index is 12.1. The first-order valence-corrected chi connectivity index (χ1v) is 9.56. The molecule has 27 heavy (non-hydrogen) atoms. The summed E-state index contributed by atoms with van der Waals surface area (Å²) in [7, 11) is 1.56. The average molecular weight is 381 g/mol. The van der Waals surface area contributed by atoms with Crippen LogP contribution < -0.4 is 14.8 Å². The van der Waals surface area contributed by atoms with Crippen molar-refractivity contribution in [3.05, 3.63) is 58.3 Å². The van der Waals surface area contributed by atoms with Crippen molar-refractivity contribution in [2.45, 2.75) is 18.9 Å². The molecule has 0 saturated heterocycles. The van der Waals surface area contributed by atoms with Crippen LogP contribution in [0.15, 0.2) is 47.8 Å². The van der Waals surface area contributed by atoms with E-state index in [1.807, 2.05) is 41.8 Å². The Morgan fingerprint density at radius 3 is 2.93 bits per heavy atom. The Morgan fingerprint density at radius 1 is 1.26 bits per heavy atom. The van der Waals surface area contributed by atoms with Crippen LogP contribution in [0.4, 0.5) is 0 Å². The van der Waals surface area contributed by atoms with Gasteiger partial charge in [-0.25, -0.2) is 0 Å². The highest BCUT2D eigenvalue weighted by molar-refractivity contribution is 7.10. The second kappa shape index (κ2) is 7.75. The molecule has 4 rings (SSSR count). The maximum absolute atomic E-state index is 12.1. The molecule has 1 amide bonds. The summed E-state index contributed by atoms with van der Waals surface area (Å²) in [6.45, 7) is 0.479. The Balaban J connectivity index is 1.41. The summed E-state index contributed by atoms with van der Waals surface area (Å²) in [4.78, 5) is 13.2. The topological polar surface area (TPSA) is 73.3 Å². The third kappa shape index (κ3) is 3.93. The zero-order chi connectivity index (χ0) is 18.6. The van der Waals surface area contributed by atoms with Crippen LogP contribution in [0.25, 0.3) is 11.3 Å². The summed E-state index contributed by atoms with van der Waals surface area (Å²) in [5, 5.41) is 13.2. The van der Waals surface area contributed by atoms with Crippen molar-refractivity contribution in [3.8, 4) is 22.9 Å². The van der Waals surface area contributed by atoms with Gasteiger partial charge in [-0.15, -0.1) is 21.5 Å². The number of rotatable bonds is 6. The van der Waals surface area contributed by atoms with Crippen LogP contribution in [0.1, 0.15) is 10.4 Å². The minimum atomic E-state index is -0.0837. The molecule has 0 bridgehead atoms. The molecule has 138 valence electrons. The molecular weight excluding hydrogens is 362 g/mol. The molecule has 0 radical (unpaired) electrons. The van der Waals surface area contributed by atoms with E-state index < -0.39 is 0 Å². The van der Waals surface area contributed by atoms with Crippen molar-refractivity contribution in [1.82, 2.24) is 15.5 Å². The number of benzene rings is 1. The number of hydrogen-bond donors (Lipinski definition) is 1. The fourth-order valence-electron chi connectivity index (χ4n) is 3.09. The summed E-state index contributed by atoms with van der Waals surface area (Å²) < 4.78 is 11.2. The van der Waals surface area contributed by atoms with E-state index in [9.17, 15) is 4.79 Å². The molecule has 2 aromatic heterocycles. The summed E-state index contributed by atoms with van der Waals surface area (Å²) >= 11 is 1.59. The lowest BCUT2D eigenvalue weighted by Crippen LogP contribution is -2.35. The summed E-state index contributed by atoms with van der Waals surface area (Å²) in [6, 6.07) is 13.6. The molecule has 0 spiro atoms. The highest BCUT2D eigenvalue weighted by Crippen LogP contribution is 2.37. The van der Waals surface area contributed by atoms with Gasteiger partial charge in [0.2, 0.25) is 11.8 Å². The molecule has 6 nitrogen and oxygen atoms in total. The Hall–Kier alpha value is -2.93. The van der Waals surface area contributed by atoms with Gasteiger partial charge in [0.05, 0.1) is 25.8 Å². The zero-order valence-electron chi connectivity index (χ0n) is 14.8. The molecule has 1 atom stereocenters. The number of aromatic nitrogens is 2. The molecule has 0 fully saturated rings. The van der Waals surface area contributed by atoms with Crippen LogP contribution in [0.5, 0.6) is 11.6 Å². The van der Waals surface area contributed by atoms with Gasteiger partial charge in [0.1, 0.15) is 11.9 Å². The van der Waals surface area contributed by atoms with Crippen molar-refractivity contribution < 1.29 is 14.3 Å². The SMILES string of the molecule is COc1ccc(-c2cccc3c2OC(CNC(=O)Cc2cccs2)C3)nn1. The van der Waals surface area contributed by atoms with Gasteiger partial charge in [0, 0.05) is 22.9 Å². The Labute approximate surface area is 161 Å². The lowest BCUT2D eigenvalue weighted by atomic mass is 10.0. The molecule has 1 N–H and O–H groups in total. The van der Waals surface area contributed by atoms with Crippen LogP contribution in [0.3, 0.4) is 0 Å².